The van der Waals surface area contributed by atoms with E-state index in [1.165, 1.54) is 16.8 Å². The van der Waals surface area contributed by atoms with Crippen molar-refractivity contribution < 1.29 is 22.7 Å². The summed E-state index contributed by atoms with van der Waals surface area (Å²) in [6, 6.07) is 2.74. The molecule has 2 heterocycles. The number of nitrogens with one attached hydrogen (secondary N) is 1. The van der Waals surface area contributed by atoms with Crippen molar-refractivity contribution in [2.75, 3.05) is 7.05 Å². The van der Waals surface area contributed by atoms with Crippen LogP contribution < -0.4 is 10.1 Å². The fourth-order valence-corrected chi connectivity index (χ4v) is 4.75. The zero-order chi connectivity index (χ0) is 24.3. The van der Waals surface area contributed by atoms with Crippen LogP contribution in [0.4, 0.5) is 18.0 Å². The lowest BCUT2D eigenvalue weighted by molar-refractivity contribution is -0.143. The van der Waals surface area contributed by atoms with Gasteiger partial charge in [0.25, 0.3) is 0 Å². The summed E-state index contributed by atoms with van der Waals surface area (Å²) in [5.41, 5.74) is -0.377. The molecule has 2 saturated carbocycles. The third kappa shape index (κ3) is 5.44. The maximum Gasteiger partial charge on any atom is 0.437 e. The van der Waals surface area contributed by atoms with Gasteiger partial charge in [-0.15, -0.1) is 5.10 Å². The maximum atomic E-state index is 13.8. The highest BCUT2D eigenvalue weighted by atomic mass is 19.4. The van der Waals surface area contributed by atoms with Gasteiger partial charge in [-0.25, -0.2) is 14.5 Å². The van der Waals surface area contributed by atoms with Crippen LogP contribution in [-0.4, -0.2) is 50.1 Å². The summed E-state index contributed by atoms with van der Waals surface area (Å²) in [4.78, 5) is 18.2. The Labute approximate surface area is 196 Å². The molecule has 0 aliphatic heterocycles. The van der Waals surface area contributed by atoms with Gasteiger partial charge < -0.3 is 15.0 Å². The average Bonchev–Trinajstić information content (AvgIpc) is 3.47. The zero-order valence-electron chi connectivity index (χ0n) is 19.6. The van der Waals surface area contributed by atoms with E-state index < -0.39 is 11.9 Å². The highest BCUT2D eigenvalue weighted by molar-refractivity contribution is 5.74. The smallest absolute Gasteiger partial charge is 0.437 e. The molecule has 0 unspecified atom stereocenters. The van der Waals surface area contributed by atoms with Crippen molar-refractivity contribution in [2.45, 2.75) is 82.7 Å². The Balaban J connectivity index is 1.54. The van der Waals surface area contributed by atoms with E-state index >= 15 is 0 Å². The second kappa shape index (κ2) is 10.2. The molecule has 0 aromatic carbocycles. The molecular weight excluding hydrogens is 449 g/mol. The van der Waals surface area contributed by atoms with Crippen LogP contribution in [0.15, 0.2) is 12.1 Å². The van der Waals surface area contributed by atoms with Crippen LogP contribution in [0.25, 0.3) is 11.4 Å². The number of aryl methyl sites for hydroxylation is 1. The minimum Gasteiger partial charge on any atom is -0.488 e. The van der Waals surface area contributed by atoms with Crippen LogP contribution in [0.3, 0.4) is 0 Å². The van der Waals surface area contributed by atoms with E-state index in [9.17, 15) is 18.0 Å². The quantitative estimate of drug-likeness (QED) is 0.648. The molecule has 34 heavy (non-hydrogen) atoms. The Morgan fingerprint density at radius 2 is 1.82 bits per heavy atom. The molecule has 2 aromatic rings. The van der Waals surface area contributed by atoms with Crippen LogP contribution in [-0.2, 0) is 19.8 Å². The number of alkyl halides is 3. The summed E-state index contributed by atoms with van der Waals surface area (Å²) < 4.78 is 48.7. The third-order valence-electron chi connectivity index (χ3n) is 6.76. The molecule has 4 rings (SSSR count). The first-order valence-corrected chi connectivity index (χ1v) is 11.9. The number of pyridine rings is 1. The van der Waals surface area contributed by atoms with Gasteiger partial charge in [0.1, 0.15) is 5.69 Å². The lowest BCUT2D eigenvalue weighted by atomic mass is 9.98. The molecule has 1 N–H and O–H groups in total. The largest absolute Gasteiger partial charge is 0.488 e. The van der Waals surface area contributed by atoms with Crippen molar-refractivity contribution in [1.82, 2.24) is 30.2 Å². The molecule has 0 atom stereocenters. The third-order valence-corrected chi connectivity index (χ3v) is 6.76. The SMILES string of the molecule is CN(C(=O)NCc1c(-c2ccc(OC3CCCCC3)c(C(F)(F)F)n2)nnn1C)C1CCCC1. The van der Waals surface area contributed by atoms with Crippen molar-refractivity contribution in [3.8, 4) is 17.1 Å². The van der Waals surface area contributed by atoms with E-state index in [0.29, 0.717) is 5.69 Å². The van der Waals surface area contributed by atoms with Crippen LogP contribution in [0.1, 0.15) is 69.2 Å². The molecule has 2 aromatic heterocycles. The number of halogens is 3. The van der Waals surface area contributed by atoms with Crippen molar-refractivity contribution >= 4 is 6.03 Å². The van der Waals surface area contributed by atoms with Gasteiger partial charge in [-0.1, -0.05) is 24.5 Å². The molecule has 0 spiro atoms. The first kappa shape index (κ1) is 24.3. The predicted molar refractivity (Wildman–Crippen MR) is 119 cm³/mol. The fraction of sp³-hybridized carbons (Fsp3) is 0.652. The Morgan fingerprint density at radius 1 is 1.15 bits per heavy atom. The fourth-order valence-electron chi connectivity index (χ4n) is 4.75. The first-order valence-electron chi connectivity index (χ1n) is 11.9. The van der Waals surface area contributed by atoms with E-state index in [4.69, 9.17) is 4.74 Å². The minimum absolute atomic E-state index is 0.0322. The summed E-state index contributed by atoms with van der Waals surface area (Å²) in [6.45, 7) is 0.0675. The van der Waals surface area contributed by atoms with E-state index in [1.807, 2.05) is 0 Å². The van der Waals surface area contributed by atoms with Crippen LogP contribution in [0.2, 0.25) is 0 Å². The Morgan fingerprint density at radius 3 is 2.50 bits per heavy atom. The van der Waals surface area contributed by atoms with E-state index in [1.54, 1.807) is 19.0 Å². The van der Waals surface area contributed by atoms with Gasteiger partial charge in [-0.05, 0) is 50.7 Å². The molecule has 0 saturated heterocycles. The number of hydrogen-bond donors (Lipinski definition) is 1. The normalized spacial score (nSPS) is 17.7. The number of hydrogen-bond acceptors (Lipinski definition) is 5. The molecule has 186 valence electrons. The predicted octanol–water partition coefficient (Wildman–Crippen LogP) is 4.69. The number of urea groups is 1. The summed E-state index contributed by atoms with van der Waals surface area (Å²) in [7, 11) is 3.39. The molecule has 0 radical (unpaired) electrons. The molecular formula is C23H31F3N6O2. The minimum atomic E-state index is -4.68. The maximum absolute atomic E-state index is 13.8. The number of amides is 2. The van der Waals surface area contributed by atoms with E-state index in [-0.39, 0.29) is 41.9 Å². The summed E-state index contributed by atoms with van der Waals surface area (Å²) in [5, 5.41) is 10.8. The molecule has 0 bridgehead atoms. The summed E-state index contributed by atoms with van der Waals surface area (Å²) in [6.07, 6.45) is 3.68. The topological polar surface area (TPSA) is 85.2 Å². The molecule has 2 aliphatic carbocycles. The van der Waals surface area contributed by atoms with Crippen molar-refractivity contribution in [3.63, 3.8) is 0 Å². The zero-order valence-corrected chi connectivity index (χ0v) is 19.6. The number of aromatic nitrogens is 4. The molecule has 11 heteroatoms. The second-order valence-corrected chi connectivity index (χ2v) is 9.14. The number of carbonyl (C=O) groups is 1. The number of rotatable bonds is 6. The van der Waals surface area contributed by atoms with Crippen molar-refractivity contribution in [2.24, 2.45) is 7.05 Å². The van der Waals surface area contributed by atoms with Gasteiger partial charge in [0.05, 0.1) is 24.0 Å². The average molecular weight is 481 g/mol. The summed E-state index contributed by atoms with van der Waals surface area (Å²) in [5.74, 6) is -0.264. The van der Waals surface area contributed by atoms with Crippen LogP contribution in [0, 0.1) is 0 Å². The highest BCUT2D eigenvalue weighted by Gasteiger charge is 2.38. The van der Waals surface area contributed by atoms with Gasteiger partial charge in [0.2, 0.25) is 0 Å². The van der Waals surface area contributed by atoms with Crippen molar-refractivity contribution in [1.29, 1.82) is 0 Å². The summed E-state index contributed by atoms with van der Waals surface area (Å²) >= 11 is 0. The molecule has 8 nitrogen and oxygen atoms in total. The van der Waals surface area contributed by atoms with Gasteiger partial charge in [-0.3, -0.25) is 0 Å². The lowest BCUT2D eigenvalue weighted by Crippen LogP contribution is -2.42. The standard InChI is InChI=1S/C23H31F3N6O2/c1-31(15-8-6-7-9-15)22(33)27-14-18-20(29-30-32(18)2)17-12-13-19(21(28-17)23(24,25)26)34-16-10-4-3-5-11-16/h12-13,15-16H,3-11,14H2,1-2H3,(H,27,33). The molecule has 2 fully saturated rings. The second-order valence-electron chi connectivity index (χ2n) is 9.14. The van der Waals surface area contributed by atoms with Crippen molar-refractivity contribution in [3.05, 3.63) is 23.5 Å². The van der Waals surface area contributed by atoms with Crippen LogP contribution >= 0.6 is 0 Å². The first-order chi connectivity index (χ1) is 16.2. The lowest BCUT2D eigenvalue weighted by Gasteiger charge is -2.25. The van der Waals surface area contributed by atoms with Gasteiger partial charge >= 0.3 is 12.2 Å². The molecule has 2 amide bonds. The van der Waals surface area contributed by atoms with E-state index in [0.717, 1.165) is 57.8 Å². The Hall–Kier alpha value is -2.85. The van der Waals surface area contributed by atoms with Crippen LogP contribution in [0.5, 0.6) is 5.75 Å². The monoisotopic (exact) mass is 480 g/mol. The Bertz CT molecular complexity index is 997. The number of nitrogens with zero attached hydrogens (tertiary/aromatic N) is 5. The van der Waals surface area contributed by atoms with Gasteiger partial charge in [0.15, 0.2) is 11.4 Å². The van der Waals surface area contributed by atoms with E-state index in [2.05, 4.69) is 20.6 Å². The number of ether oxygens (including phenoxy) is 1. The van der Waals surface area contributed by atoms with Gasteiger partial charge in [0, 0.05) is 20.1 Å². The number of carbonyl (C=O) groups excluding carboxylic acids is 1. The highest BCUT2D eigenvalue weighted by Crippen LogP contribution is 2.38. The molecule has 2 aliphatic rings. The Kier molecular flexibility index (Phi) is 7.27. The van der Waals surface area contributed by atoms with Gasteiger partial charge in [-0.2, -0.15) is 13.2 Å².